The van der Waals surface area contributed by atoms with Crippen molar-refractivity contribution in [1.29, 1.82) is 0 Å². The summed E-state index contributed by atoms with van der Waals surface area (Å²) in [6.45, 7) is 3.57. The molecule has 0 radical (unpaired) electrons. The third-order valence-electron chi connectivity index (χ3n) is 8.90. The van der Waals surface area contributed by atoms with Crippen LogP contribution in [0.2, 0.25) is 0 Å². The average molecular weight is 597 g/mol. The number of carbonyl (C=O) groups excluding carboxylic acids is 3. The first-order valence-electron chi connectivity index (χ1n) is 13.7. The Morgan fingerprint density at radius 1 is 0.762 bits per heavy atom. The Kier molecular flexibility index (Phi) is 6.02. The predicted octanol–water partition coefficient (Wildman–Crippen LogP) is 6.63. The lowest BCUT2D eigenvalue weighted by Gasteiger charge is -2.54. The van der Waals surface area contributed by atoms with Crippen molar-refractivity contribution in [2.75, 3.05) is 11.9 Å². The molecule has 4 aromatic rings. The van der Waals surface area contributed by atoms with E-state index in [0.717, 1.165) is 44.0 Å². The van der Waals surface area contributed by atoms with Crippen LogP contribution in [-0.4, -0.2) is 29.2 Å². The lowest BCUT2D eigenvalue weighted by molar-refractivity contribution is -0.142. The third kappa shape index (κ3) is 3.61. The zero-order chi connectivity index (χ0) is 29.4. The summed E-state index contributed by atoms with van der Waals surface area (Å²) in [5.41, 5.74) is 5.56. The number of aryl methyl sites for hydroxylation is 1. The molecule has 4 aromatic carbocycles. The first-order valence-corrected chi connectivity index (χ1v) is 14.5. The maximum absolute atomic E-state index is 13.9. The molecule has 2 atom stereocenters. The number of nitrogens with zero attached hydrogens (tertiary/aromatic N) is 1. The zero-order valence-electron chi connectivity index (χ0n) is 22.9. The van der Waals surface area contributed by atoms with E-state index in [2.05, 4.69) is 5.32 Å². The molecule has 1 N–H and O–H groups in total. The largest absolute Gasteiger partial charge is 0.457 e. The van der Waals surface area contributed by atoms with E-state index in [0.29, 0.717) is 11.4 Å². The van der Waals surface area contributed by atoms with Crippen molar-refractivity contribution in [2.24, 2.45) is 11.8 Å². The summed E-state index contributed by atoms with van der Waals surface area (Å²) in [7, 11) is 0. The van der Waals surface area contributed by atoms with Crippen molar-refractivity contribution in [3.63, 3.8) is 0 Å². The molecule has 3 aliphatic carbocycles. The molecule has 8 rings (SSSR count). The molecule has 0 aromatic heterocycles. The number of rotatable bonds is 5. The number of alkyl halides is 2. The Balaban J connectivity index is 1.13. The van der Waals surface area contributed by atoms with Gasteiger partial charge in [-0.2, -0.15) is 0 Å². The van der Waals surface area contributed by atoms with E-state index < -0.39 is 45.9 Å². The number of hydrogen-bond donors (Lipinski definition) is 1. The van der Waals surface area contributed by atoms with Crippen molar-refractivity contribution < 1.29 is 19.1 Å². The van der Waals surface area contributed by atoms with E-state index in [1.807, 2.05) is 80.6 Å². The number of benzene rings is 4. The highest BCUT2D eigenvalue weighted by molar-refractivity contribution is 6.36. The minimum absolute atomic E-state index is 0.446. The SMILES string of the molecule is Cc1cccc(Oc2ccc(NC(=O)CN3C(=O)[C@H]4[C@H](C3=O)C3(Cl)c5ccccc5C4(Cl)c4ccccc43)cc2)c1C. The number of carbonyl (C=O) groups is 3. The number of amides is 3. The molecule has 8 heteroatoms. The molecule has 1 saturated heterocycles. The molecule has 1 aliphatic heterocycles. The van der Waals surface area contributed by atoms with E-state index in [1.165, 1.54) is 0 Å². The zero-order valence-corrected chi connectivity index (χ0v) is 24.4. The van der Waals surface area contributed by atoms with Gasteiger partial charge in [-0.1, -0.05) is 60.7 Å². The number of ether oxygens (including phenoxy) is 1. The summed E-state index contributed by atoms with van der Waals surface area (Å²) in [4.78, 5) is 39.5. The fourth-order valence-corrected chi connectivity index (χ4v) is 7.89. The first-order chi connectivity index (χ1) is 20.2. The Hall–Kier alpha value is -4.13. The number of hydrogen-bond acceptors (Lipinski definition) is 4. The molecule has 210 valence electrons. The van der Waals surface area contributed by atoms with Gasteiger partial charge in [-0.25, -0.2) is 0 Å². The van der Waals surface area contributed by atoms with Crippen LogP contribution in [0.5, 0.6) is 11.5 Å². The summed E-state index contributed by atoms with van der Waals surface area (Å²) >= 11 is 14.9. The number of imide groups is 1. The minimum atomic E-state index is -1.28. The molecule has 1 heterocycles. The highest BCUT2D eigenvalue weighted by Crippen LogP contribution is 2.69. The second-order valence-electron chi connectivity index (χ2n) is 11.1. The van der Waals surface area contributed by atoms with Gasteiger partial charge in [0.05, 0.1) is 11.8 Å². The van der Waals surface area contributed by atoms with Crippen LogP contribution < -0.4 is 10.1 Å². The maximum Gasteiger partial charge on any atom is 0.244 e. The Morgan fingerprint density at radius 2 is 1.26 bits per heavy atom. The van der Waals surface area contributed by atoms with Gasteiger partial charge in [0.1, 0.15) is 27.8 Å². The first kappa shape index (κ1) is 26.7. The molecular weight excluding hydrogens is 571 g/mol. The molecule has 3 amide bonds. The van der Waals surface area contributed by atoms with E-state index in [9.17, 15) is 14.4 Å². The van der Waals surface area contributed by atoms with Crippen LogP contribution in [-0.2, 0) is 24.1 Å². The van der Waals surface area contributed by atoms with Crippen LogP contribution in [0.15, 0.2) is 91.0 Å². The third-order valence-corrected chi connectivity index (χ3v) is 10.2. The minimum Gasteiger partial charge on any atom is -0.457 e. The van der Waals surface area contributed by atoms with Crippen LogP contribution in [0.4, 0.5) is 5.69 Å². The topological polar surface area (TPSA) is 75.7 Å². The summed E-state index contributed by atoms with van der Waals surface area (Å²) in [5, 5.41) is 2.79. The molecule has 0 saturated carbocycles. The normalized spacial score (nSPS) is 25.1. The molecule has 0 unspecified atom stereocenters. The summed E-state index contributed by atoms with van der Waals surface area (Å²) in [6, 6.07) is 27.7. The average Bonchev–Trinajstić information content (AvgIpc) is 3.25. The maximum atomic E-state index is 13.9. The van der Waals surface area contributed by atoms with Crippen LogP contribution in [0.25, 0.3) is 0 Å². The fraction of sp³-hybridized carbons (Fsp3) is 0.206. The van der Waals surface area contributed by atoms with Crippen LogP contribution in [0.3, 0.4) is 0 Å². The summed E-state index contributed by atoms with van der Waals surface area (Å²) in [5.74, 6) is -2.01. The predicted molar refractivity (Wildman–Crippen MR) is 161 cm³/mol. The van der Waals surface area contributed by atoms with Gasteiger partial charge < -0.3 is 10.1 Å². The molecule has 42 heavy (non-hydrogen) atoms. The molecule has 4 aliphatic rings. The van der Waals surface area contributed by atoms with E-state index >= 15 is 0 Å². The van der Waals surface area contributed by atoms with E-state index in [4.69, 9.17) is 27.9 Å². The van der Waals surface area contributed by atoms with Gasteiger partial charge in [0.25, 0.3) is 0 Å². The molecule has 6 nitrogen and oxygen atoms in total. The summed E-state index contributed by atoms with van der Waals surface area (Å²) < 4.78 is 6.00. The lowest BCUT2D eigenvalue weighted by atomic mass is 9.54. The van der Waals surface area contributed by atoms with Gasteiger partial charge in [-0.3, -0.25) is 19.3 Å². The van der Waals surface area contributed by atoms with Crippen molar-refractivity contribution in [3.05, 3.63) is 124 Å². The van der Waals surface area contributed by atoms with Crippen molar-refractivity contribution in [2.45, 2.75) is 23.6 Å². The molecular formula is C34H26Cl2N2O4. The number of halogens is 2. The standard InChI is InChI=1S/C34H26Cl2N2O4/c1-19-8-7-13-27(20(19)2)42-22-16-14-21(15-17-22)37-28(39)18-38-31(40)29-30(32(38)41)34(36)24-10-4-3-9-23(24)33(29,35)25-11-5-6-12-26(25)34/h3-17,29-30H,18H2,1-2H3,(H,37,39)/t29-,30-,33?,34?/m1/s1. The lowest BCUT2D eigenvalue weighted by Crippen LogP contribution is -2.57. The summed E-state index contributed by atoms with van der Waals surface area (Å²) in [6.07, 6.45) is 0. The van der Waals surface area contributed by atoms with Gasteiger partial charge in [0.15, 0.2) is 0 Å². The van der Waals surface area contributed by atoms with Crippen molar-refractivity contribution in [1.82, 2.24) is 4.90 Å². The van der Waals surface area contributed by atoms with Crippen LogP contribution >= 0.6 is 23.2 Å². The van der Waals surface area contributed by atoms with Gasteiger partial charge in [-0.15, -0.1) is 23.2 Å². The Labute approximate surface area is 253 Å². The van der Waals surface area contributed by atoms with Crippen LogP contribution in [0.1, 0.15) is 33.4 Å². The highest BCUT2D eigenvalue weighted by atomic mass is 35.5. The smallest absolute Gasteiger partial charge is 0.244 e. The van der Waals surface area contributed by atoms with Crippen molar-refractivity contribution in [3.8, 4) is 11.5 Å². The van der Waals surface area contributed by atoms with Gasteiger partial charge in [0, 0.05) is 5.69 Å². The Morgan fingerprint density at radius 3 is 1.76 bits per heavy atom. The van der Waals surface area contributed by atoms with Gasteiger partial charge in [-0.05, 0) is 77.6 Å². The van der Waals surface area contributed by atoms with Gasteiger partial charge >= 0.3 is 0 Å². The molecule has 0 spiro atoms. The number of anilines is 1. The van der Waals surface area contributed by atoms with E-state index in [1.54, 1.807) is 24.3 Å². The van der Waals surface area contributed by atoms with Crippen molar-refractivity contribution >= 4 is 46.6 Å². The quantitative estimate of drug-likeness (QED) is 0.207. The molecule has 1 fully saturated rings. The van der Waals surface area contributed by atoms with E-state index in [-0.39, 0.29) is 0 Å². The number of likely N-dealkylation sites (tertiary alicyclic amines) is 1. The van der Waals surface area contributed by atoms with Crippen LogP contribution in [0, 0.1) is 25.7 Å². The second kappa shape index (κ2) is 9.45. The van der Waals surface area contributed by atoms with Gasteiger partial charge in [0.2, 0.25) is 17.7 Å². The number of nitrogens with one attached hydrogen (secondary N) is 1. The second-order valence-corrected chi connectivity index (χ2v) is 12.3. The fourth-order valence-electron chi connectivity index (χ4n) is 6.79. The highest BCUT2D eigenvalue weighted by Gasteiger charge is 2.73. The Bertz CT molecular complexity index is 1680. The monoisotopic (exact) mass is 596 g/mol. The molecule has 2 bridgehead atoms.